The van der Waals surface area contributed by atoms with E-state index >= 15 is 0 Å². The molecule has 1 aliphatic heterocycles. The zero-order chi connectivity index (χ0) is 18.6. The van der Waals surface area contributed by atoms with E-state index in [-0.39, 0.29) is 12.6 Å². The van der Waals surface area contributed by atoms with Crippen LogP contribution in [-0.2, 0) is 13.0 Å². The summed E-state index contributed by atoms with van der Waals surface area (Å²) < 4.78 is 0. The van der Waals surface area contributed by atoms with Crippen molar-refractivity contribution >= 4 is 17.4 Å². The Morgan fingerprint density at radius 2 is 1.15 bits per heavy atom. The molecular formula is C23H22N2O2. The highest BCUT2D eigenvalue weighted by atomic mass is 16.3. The van der Waals surface area contributed by atoms with E-state index in [0.29, 0.717) is 13.1 Å². The fourth-order valence-corrected chi connectivity index (χ4v) is 3.42. The van der Waals surface area contributed by atoms with Crippen LogP contribution >= 0.6 is 0 Å². The Morgan fingerprint density at radius 3 is 1.67 bits per heavy atom. The number of amides is 2. The first-order valence-electron chi connectivity index (χ1n) is 9.16. The van der Waals surface area contributed by atoms with Crippen LogP contribution in [0.4, 0.5) is 16.2 Å². The molecule has 1 saturated heterocycles. The summed E-state index contributed by atoms with van der Waals surface area (Å²) in [4.78, 5) is 16.4. The molecule has 1 aliphatic rings. The van der Waals surface area contributed by atoms with Crippen LogP contribution in [0.15, 0.2) is 78.9 Å². The normalized spacial score (nSPS) is 14.0. The number of benzene rings is 3. The summed E-state index contributed by atoms with van der Waals surface area (Å²) in [7, 11) is 0. The van der Waals surface area contributed by atoms with Gasteiger partial charge in [-0.3, -0.25) is 9.80 Å². The van der Waals surface area contributed by atoms with E-state index in [2.05, 4.69) is 24.3 Å². The molecule has 3 aromatic carbocycles. The van der Waals surface area contributed by atoms with Crippen molar-refractivity contribution in [1.82, 2.24) is 0 Å². The van der Waals surface area contributed by atoms with Gasteiger partial charge in [0.05, 0.1) is 6.61 Å². The Bertz CT molecular complexity index is 905. The molecule has 136 valence electrons. The number of nitrogens with zero attached hydrogens (tertiary/aromatic N) is 2. The van der Waals surface area contributed by atoms with Gasteiger partial charge in [0.25, 0.3) is 0 Å². The molecule has 0 bridgehead atoms. The summed E-state index contributed by atoms with van der Waals surface area (Å²) in [5, 5.41) is 9.16. The van der Waals surface area contributed by atoms with Crippen LogP contribution in [0.2, 0.25) is 0 Å². The van der Waals surface area contributed by atoms with Gasteiger partial charge >= 0.3 is 6.03 Å². The van der Waals surface area contributed by atoms with Crippen molar-refractivity contribution in [3.8, 4) is 0 Å². The second-order valence-electron chi connectivity index (χ2n) is 6.74. The molecule has 0 atom stereocenters. The van der Waals surface area contributed by atoms with Crippen molar-refractivity contribution in [2.24, 2.45) is 0 Å². The highest BCUT2D eigenvalue weighted by Crippen LogP contribution is 2.26. The van der Waals surface area contributed by atoms with E-state index < -0.39 is 0 Å². The topological polar surface area (TPSA) is 43.8 Å². The Hall–Kier alpha value is -3.11. The minimum absolute atomic E-state index is 0.00960. The van der Waals surface area contributed by atoms with Crippen LogP contribution in [0, 0.1) is 0 Å². The highest BCUT2D eigenvalue weighted by Gasteiger charge is 2.30. The first kappa shape index (κ1) is 17.3. The average Bonchev–Trinajstić information content (AvgIpc) is 3.11. The van der Waals surface area contributed by atoms with Crippen molar-refractivity contribution in [3.05, 3.63) is 95.6 Å². The Morgan fingerprint density at radius 1 is 0.667 bits per heavy atom. The average molecular weight is 358 g/mol. The van der Waals surface area contributed by atoms with Crippen LogP contribution in [0.1, 0.15) is 16.7 Å². The zero-order valence-electron chi connectivity index (χ0n) is 15.1. The first-order valence-corrected chi connectivity index (χ1v) is 9.16. The van der Waals surface area contributed by atoms with E-state index in [4.69, 9.17) is 5.11 Å². The number of aliphatic hydroxyl groups excluding tert-OH is 1. The van der Waals surface area contributed by atoms with Gasteiger partial charge in [-0.25, -0.2) is 4.79 Å². The molecule has 1 fully saturated rings. The van der Waals surface area contributed by atoms with Gasteiger partial charge in [-0.15, -0.1) is 0 Å². The zero-order valence-corrected chi connectivity index (χ0v) is 15.1. The maximum Gasteiger partial charge on any atom is 0.329 e. The third kappa shape index (κ3) is 3.71. The summed E-state index contributed by atoms with van der Waals surface area (Å²) in [5.41, 5.74) is 5.14. The van der Waals surface area contributed by atoms with Gasteiger partial charge in [0, 0.05) is 24.5 Å². The van der Waals surface area contributed by atoms with Crippen molar-refractivity contribution in [3.63, 3.8) is 0 Å². The summed E-state index contributed by atoms with van der Waals surface area (Å²) in [5.74, 6) is 0. The lowest BCUT2D eigenvalue weighted by Crippen LogP contribution is -2.31. The molecule has 0 aliphatic carbocycles. The van der Waals surface area contributed by atoms with Crippen LogP contribution in [0.3, 0.4) is 0 Å². The Labute approximate surface area is 159 Å². The lowest BCUT2D eigenvalue weighted by atomic mass is 10.0. The molecule has 4 heteroatoms. The third-order valence-corrected chi connectivity index (χ3v) is 4.94. The fraction of sp³-hybridized carbons (Fsp3) is 0.174. The third-order valence-electron chi connectivity index (χ3n) is 4.94. The number of carbonyl (C=O) groups excluding carboxylic acids is 1. The maximum absolute atomic E-state index is 12.8. The molecule has 4 rings (SSSR count). The largest absolute Gasteiger partial charge is 0.392 e. The van der Waals surface area contributed by atoms with E-state index in [0.717, 1.165) is 23.4 Å². The van der Waals surface area contributed by atoms with Gasteiger partial charge in [-0.2, -0.15) is 0 Å². The fourth-order valence-electron chi connectivity index (χ4n) is 3.42. The minimum Gasteiger partial charge on any atom is -0.392 e. The van der Waals surface area contributed by atoms with E-state index in [1.165, 1.54) is 11.1 Å². The standard InChI is InChI=1S/C23H22N2O2/c26-17-20-8-12-22(13-9-20)25-15-14-24(23(25)27)21-10-6-19(7-11-21)16-18-4-2-1-3-5-18/h1-13,26H,14-17H2. The molecule has 4 nitrogen and oxygen atoms in total. The van der Waals surface area contributed by atoms with E-state index in [1.807, 2.05) is 59.5 Å². The number of carbonyl (C=O) groups is 1. The summed E-state index contributed by atoms with van der Waals surface area (Å²) in [6.07, 6.45) is 0.887. The van der Waals surface area contributed by atoms with Gasteiger partial charge < -0.3 is 5.11 Å². The molecule has 1 heterocycles. The Kier molecular flexibility index (Phi) is 4.90. The molecule has 3 aromatic rings. The summed E-state index contributed by atoms with van der Waals surface area (Å²) in [6, 6.07) is 26.1. The molecule has 0 spiro atoms. The predicted molar refractivity (Wildman–Crippen MR) is 108 cm³/mol. The van der Waals surface area contributed by atoms with Gasteiger partial charge in [0.1, 0.15) is 0 Å². The maximum atomic E-state index is 12.8. The summed E-state index contributed by atoms with van der Waals surface area (Å²) in [6.45, 7) is 1.33. The molecule has 0 saturated carbocycles. The second kappa shape index (κ2) is 7.64. The van der Waals surface area contributed by atoms with Crippen molar-refractivity contribution in [2.75, 3.05) is 22.9 Å². The van der Waals surface area contributed by atoms with Gasteiger partial charge in [-0.1, -0.05) is 54.6 Å². The van der Waals surface area contributed by atoms with Crippen molar-refractivity contribution < 1.29 is 9.90 Å². The van der Waals surface area contributed by atoms with Crippen molar-refractivity contribution in [2.45, 2.75) is 13.0 Å². The van der Waals surface area contributed by atoms with Crippen LogP contribution in [-0.4, -0.2) is 24.2 Å². The Balaban J connectivity index is 1.46. The highest BCUT2D eigenvalue weighted by molar-refractivity contribution is 6.06. The first-order chi connectivity index (χ1) is 13.2. The number of aliphatic hydroxyl groups is 1. The molecule has 2 amide bonds. The van der Waals surface area contributed by atoms with Gasteiger partial charge in [0.15, 0.2) is 0 Å². The number of hydrogen-bond donors (Lipinski definition) is 1. The lowest BCUT2D eigenvalue weighted by Gasteiger charge is -2.19. The number of urea groups is 1. The predicted octanol–water partition coefficient (Wildman–Crippen LogP) is 4.22. The molecule has 0 aromatic heterocycles. The van der Waals surface area contributed by atoms with Gasteiger partial charge in [0.2, 0.25) is 0 Å². The molecule has 1 N–H and O–H groups in total. The molecular weight excluding hydrogens is 336 g/mol. The monoisotopic (exact) mass is 358 g/mol. The quantitative estimate of drug-likeness (QED) is 0.742. The number of hydrogen-bond acceptors (Lipinski definition) is 2. The van der Waals surface area contributed by atoms with Crippen LogP contribution in [0.25, 0.3) is 0 Å². The molecule has 0 unspecified atom stereocenters. The lowest BCUT2D eigenvalue weighted by molar-refractivity contribution is 0.256. The molecule has 27 heavy (non-hydrogen) atoms. The smallest absolute Gasteiger partial charge is 0.329 e. The number of rotatable bonds is 5. The van der Waals surface area contributed by atoms with Crippen LogP contribution < -0.4 is 9.80 Å². The minimum atomic E-state index is -0.0115. The van der Waals surface area contributed by atoms with E-state index in [9.17, 15) is 4.79 Å². The second-order valence-corrected chi connectivity index (χ2v) is 6.74. The van der Waals surface area contributed by atoms with Crippen molar-refractivity contribution in [1.29, 1.82) is 0 Å². The van der Waals surface area contributed by atoms with E-state index in [1.54, 1.807) is 4.90 Å². The van der Waals surface area contributed by atoms with Crippen LogP contribution in [0.5, 0.6) is 0 Å². The SMILES string of the molecule is O=C1N(c2ccc(CO)cc2)CCN1c1ccc(Cc2ccccc2)cc1. The molecule has 0 radical (unpaired) electrons. The number of anilines is 2. The van der Waals surface area contributed by atoms with Gasteiger partial charge in [-0.05, 0) is 47.4 Å². The summed E-state index contributed by atoms with van der Waals surface area (Å²) >= 11 is 0.